The summed E-state index contributed by atoms with van der Waals surface area (Å²) in [6.07, 6.45) is 0. The summed E-state index contributed by atoms with van der Waals surface area (Å²) in [5.41, 5.74) is 6.68. The Bertz CT molecular complexity index is 673. The van der Waals surface area contributed by atoms with Crippen molar-refractivity contribution in [1.82, 2.24) is 4.90 Å². The zero-order valence-corrected chi connectivity index (χ0v) is 11.9. The first-order valence-electron chi connectivity index (χ1n) is 6.52. The number of phenolic OH excluding ortho intramolecular Hbond substituents is 1. The van der Waals surface area contributed by atoms with E-state index in [1.165, 1.54) is 17.0 Å². The van der Waals surface area contributed by atoms with Gasteiger partial charge in [-0.1, -0.05) is 18.2 Å². The highest BCUT2D eigenvalue weighted by Gasteiger charge is 2.22. The Balaban J connectivity index is 2.31. The first kappa shape index (κ1) is 14.8. The van der Waals surface area contributed by atoms with Crippen LogP contribution in [-0.2, 0) is 0 Å². The van der Waals surface area contributed by atoms with Crippen LogP contribution in [0.25, 0.3) is 0 Å². The number of nitrogen functional groups attached to an aromatic ring is 1. The van der Waals surface area contributed by atoms with Gasteiger partial charge in [0.2, 0.25) is 0 Å². The molecule has 0 spiro atoms. The van der Waals surface area contributed by atoms with Crippen molar-refractivity contribution in [3.05, 3.63) is 59.4 Å². The Kier molecular flexibility index (Phi) is 4.12. The van der Waals surface area contributed by atoms with Gasteiger partial charge in [-0.3, -0.25) is 4.79 Å². The molecule has 0 saturated carbocycles. The summed E-state index contributed by atoms with van der Waals surface area (Å²) in [6.45, 7) is 1.78. The van der Waals surface area contributed by atoms with Gasteiger partial charge in [0.05, 0.1) is 11.6 Å². The van der Waals surface area contributed by atoms with Crippen LogP contribution in [0.15, 0.2) is 42.5 Å². The van der Waals surface area contributed by atoms with Crippen molar-refractivity contribution in [2.45, 2.75) is 13.0 Å². The van der Waals surface area contributed by atoms with Crippen molar-refractivity contribution in [2.75, 3.05) is 12.8 Å². The number of anilines is 1. The number of aromatic hydroxyl groups is 1. The first-order chi connectivity index (χ1) is 9.91. The van der Waals surface area contributed by atoms with Crippen LogP contribution in [0.2, 0.25) is 0 Å². The molecule has 1 amide bonds. The Morgan fingerprint density at radius 2 is 1.95 bits per heavy atom. The van der Waals surface area contributed by atoms with Gasteiger partial charge in [-0.2, -0.15) is 0 Å². The molecule has 5 heteroatoms. The van der Waals surface area contributed by atoms with Gasteiger partial charge < -0.3 is 15.7 Å². The lowest BCUT2D eigenvalue weighted by molar-refractivity contribution is 0.0742. The monoisotopic (exact) mass is 288 g/mol. The number of nitrogens with two attached hydrogens (primary N) is 1. The summed E-state index contributed by atoms with van der Waals surface area (Å²) in [6, 6.07) is 10.1. The molecule has 4 nitrogen and oxygen atoms in total. The lowest BCUT2D eigenvalue weighted by atomic mass is 10.0. The Morgan fingerprint density at radius 1 is 1.29 bits per heavy atom. The molecule has 2 aromatic carbocycles. The van der Waals surface area contributed by atoms with Gasteiger partial charge in [0, 0.05) is 18.3 Å². The summed E-state index contributed by atoms with van der Waals surface area (Å²) < 4.78 is 13.3. The van der Waals surface area contributed by atoms with Gasteiger partial charge in [0.1, 0.15) is 11.6 Å². The van der Waals surface area contributed by atoms with Crippen LogP contribution in [0, 0.1) is 5.82 Å². The number of phenols is 1. The maximum atomic E-state index is 13.3. The molecule has 0 aromatic heterocycles. The molecule has 21 heavy (non-hydrogen) atoms. The number of halogens is 1. The van der Waals surface area contributed by atoms with Crippen LogP contribution < -0.4 is 5.73 Å². The molecule has 0 radical (unpaired) electrons. The van der Waals surface area contributed by atoms with E-state index in [0.717, 1.165) is 6.07 Å². The standard InChI is InChI=1S/C16H17FN2O2/c1-10(12-5-3-4-6-15(12)20)19(2)16(21)13-9-11(17)7-8-14(13)18/h3-10,20H,18H2,1-2H3. The number of hydrogen-bond acceptors (Lipinski definition) is 3. The number of rotatable bonds is 3. The summed E-state index contributed by atoms with van der Waals surface area (Å²) in [4.78, 5) is 13.9. The molecule has 0 saturated heterocycles. The molecule has 0 fully saturated rings. The van der Waals surface area contributed by atoms with Gasteiger partial charge >= 0.3 is 0 Å². The minimum atomic E-state index is -0.517. The second-order valence-corrected chi connectivity index (χ2v) is 4.88. The van der Waals surface area contributed by atoms with Crippen LogP contribution in [-0.4, -0.2) is 23.0 Å². The summed E-state index contributed by atoms with van der Waals surface area (Å²) in [5.74, 6) is -0.809. The molecule has 1 unspecified atom stereocenters. The lowest BCUT2D eigenvalue weighted by Crippen LogP contribution is -2.30. The number of benzene rings is 2. The zero-order chi connectivity index (χ0) is 15.6. The van der Waals surface area contributed by atoms with E-state index in [9.17, 15) is 14.3 Å². The fraction of sp³-hybridized carbons (Fsp3) is 0.188. The predicted molar refractivity (Wildman–Crippen MR) is 79.4 cm³/mol. The number of hydrogen-bond donors (Lipinski definition) is 2. The Morgan fingerprint density at radius 3 is 2.62 bits per heavy atom. The van der Waals surface area contributed by atoms with Crippen LogP contribution >= 0.6 is 0 Å². The molecule has 0 aliphatic rings. The topological polar surface area (TPSA) is 66.6 Å². The van der Waals surface area contributed by atoms with Gasteiger partial charge in [0.25, 0.3) is 5.91 Å². The molecule has 0 aliphatic heterocycles. The third-order valence-electron chi connectivity index (χ3n) is 3.53. The number of nitrogens with zero attached hydrogens (tertiary/aromatic N) is 1. The van der Waals surface area contributed by atoms with E-state index in [1.807, 2.05) is 0 Å². The zero-order valence-electron chi connectivity index (χ0n) is 11.9. The third-order valence-corrected chi connectivity index (χ3v) is 3.53. The molecule has 0 bridgehead atoms. The Labute approximate surface area is 122 Å². The smallest absolute Gasteiger partial charge is 0.256 e. The predicted octanol–water partition coefficient (Wildman–Crippen LogP) is 2.95. The molecule has 2 aromatic rings. The minimum Gasteiger partial charge on any atom is -0.508 e. The van der Waals surface area contributed by atoms with E-state index in [4.69, 9.17) is 5.73 Å². The second-order valence-electron chi connectivity index (χ2n) is 4.88. The largest absolute Gasteiger partial charge is 0.508 e. The quantitative estimate of drug-likeness (QED) is 0.853. The molecule has 0 aliphatic carbocycles. The van der Waals surface area contributed by atoms with Gasteiger partial charge in [-0.05, 0) is 31.2 Å². The van der Waals surface area contributed by atoms with Crippen molar-refractivity contribution < 1.29 is 14.3 Å². The number of para-hydroxylation sites is 1. The minimum absolute atomic E-state index is 0.108. The van der Waals surface area contributed by atoms with Crippen LogP contribution in [0.4, 0.5) is 10.1 Å². The van der Waals surface area contributed by atoms with Crippen LogP contribution in [0.5, 0.6) is 5.75 Å². The summed E-state index contributed by atoms with van der Waals surface area (Å²) in [7, 11) is 1.59. The Hall–Kier alpha value is -2.56. The van der Waals surface area contributed by atoms with E-state index in [-0.39, 0.29) is 23.0 Å². The number of amides is 1. The lowest BCUT2D eigenvalue weighted by Gasteiger charge is -2.26. The van der Waals surface area contributed by atoms with E-state index in [1.54, 1.807) is 38.2 Å². The molecule has 0 heterocycles. The summed E-state index contributed by atoms with van der Waals surface area (Å²) >= 11 is 0. The fourth-order valence-corrected chi connectivity index (χ4v) is 2.13. The molecule has 2 rings (SSSR count). The number of carbonyl (C=O) groups is 1. The van der Waals surface area contributed by atoms with E-state index < -0.39 is 11.7 Å². The van der Waals surface area contributed by atoms with Crippen molar-refractivity contribution >= 4 is 11.6 Å². The summed E-state index contributed by atoms with van der Waals surface area (Å²) in [5, 5.41) is 9.86. The fourth-order valence-electron chi connectivity index (χ4n) is 2.13. The van der Waals surface area contributed by atoms with E-state index >= 15 is 0 Å². The van der Waals surface area contributed by atoms with Crippen LogP contribution in [0.1, 0.15) is 28.9 Å². The third kappa shape index (κ3) is 2.97. The van der Waals surface area contributed by atoms with Gasteiger partial charge in [-0.15, -0.1) is 0 Å². The van der Waals surface area contributed by atoms with Gasteiger partial charge in [0.15, 0.2) is 0 Å². The average molecular weight is 288 g/mol. The molecular weight excluding hydrogens is 271 g/mol. The molecule has 3 N–H and O–H groups in total. The number of carbonyl (C=O) groups excluding carboxylic acids is 1. The molecule has 1 atom stereocenters. The average Bonchev–Trinajstić information content (AvgIpc) is 2.48. The van der Waals surface area contributed by atoms with E-state index in [0.29, 0.717) is 5.56 Å². The molecular formula is C16H17FN2O2. The maximum Gasteiger partial charge on any atom is 0.256 e. The highest BCUT2D eigenvalue weighted by Crippen LogP contribution is 2.28. The SMILES string of the molecule is CC(c1ccccc1O)N(C)C(=O)c1cc(F)ccc1N. The maximum absolute atomic E-state index is 13.3. The van der Waals surface area contributed by atoms with Crippen LogP contribution in [0.3, 0.4) is 0 Å². The van der Waals surface area contributed by atoms with Crippen molar-refractivity contribution in [1.29, 1.82) is 0 Å². The van der Waals surface area contributed by atoms with Crippen molar-refractivity contribution in [2.24, 2.45) is 0 Å². The van der Waals surface area contributed by atoms with Crippen molar-refractivity contribution in [3.8, 4) is 5.75 Å². The van der Waals surface area contributed by atoms with Crippen molar-refractivity contribution in [3.63, 3.8) is 0 Å². The highest BCUT2D eigenvalue weighted by atomic mass is 19.1. The molecule has 110 valence electrons. The second kappa shape index (κ2) is 5.83. The first-order valence-corrected chi connectivity index (χ1v) is 6.52. The van der Waals surface area contributed by atoms with E-state index in [2.05, 4.69) is 0 Å². The van der Waals surface area contributed by atoms with Gasteiger partial charge in [-0.25, -0.2) is 4.39 Å². The highest BCUT2D eigenvalue weighted by molar-refractivity contribution is 5.99. The normalized spacial score (nSPS) is 12.0.